The highest BCUT2D eigenvalue weighted by Crippen LogP contribution is 2.43. The Hall–Kier alpha value is -0.340. The van der Waals surface area contributed by atoms with Gasteiger partial charge in [-0.3, -0.25) is 0 Å². The van der Waals surface area contributed by atoms with Crippen molar-refractivity contribution in [2.45, 2.75) is 53.4 Å². The minimum atomic E-state index is 0.469. The van der Waals surface area contributed by atoms with Crippen LogP contribution in [0.15, 0.2) is 17.5 Å². The van der Waals surface area contributed by atoms with Crippen LogP contribution in [0.5, 0.6) is 0 Å². The van der Waals surface area contributed by atoms with Gasteiger partial charge in [0, 0.05) is 4.88 Å². The molecule has 1 nitrogen and oxygen atoms in total. The molecule has 0 amide bonds. The Kier molecular flexibility index (Phi) is 5.68. The standard InChI is InChI=1S/C18H31NS/c1-5-19-13-14-8-9-16(18(2,3)4)11-15(14)12-17-7-6-10-20-17/h6-7,10,14-16,19H,5,8-9,11-13H2,1-4H3. The summed E-state index contributed by atoms with van der Waals surface area (Å²) in [4.78, 5) is 1.58. The Morgan fingerprint density at radius 3 is 2.65 bits per heavy atom. The van der Waals surface area contributed by atoms with E-state index in [-0.39, 0.29) is 0 Å². The van der Waals surface area contributed by atoms with E-state index in [4.69, 9.17) is 0 Å². The summed E-state index contributed by atoms with van der Waals surface area (Å²) < 4.78 is 0. The number of hydrogen-bond donors (Lipinski definition) is 1. The van der Waals surface area contributed by atoms with Gasteiger partial charge in [-0.1, -0.05) is 33.8 Å². The van der Waals surface area contributed by atoms with Crippen LogP contribution in [0.1, 0.15) is 51.8 Å². The summed E-state index contributed by atoms with van der Waals surface area (Å²) in [5.41, 5.74) is 0.469. The monoisotopic (exact) mass is 293 g/mol. The van der Waals surface area contributed by atoms with Crippen LogP contribution in [-0.4, -0.2) is 13.1 Å². The molecule has 114 valence electrons. The lowest BCUT2D eigenvalue weighted by molar-refractivity contribution is 0.0978. The zero-order valence-electron chi connectivity index (χ0n) is 13.6. The molecule has 3 unspecified atom stereocenters. The molecule has 1 aliphatic carbocycles. The second-order valence-electron chi connectivity index (χ2n) is 7.49. The molecule has 1 saturated carbocycles. The van der Waals surface area contributed by atoms with Crippen molar-refractivity contribution in [2.24, 2.45) is 23.2 Å². The van der Waals surface area contributed by atoms with E-state index in [1.54, 1.807) is 4.88 Å². The average molecular weight is 294 g/mol. The highest BCUT2D eigenvalue weighted by Gasteiger charge is 2.35. The molecule has 20 heavy (non-hydrogen) atoms. The third-order valence-corrected chi connectivity index (χ3v) is 5.96. The Bertz CT molecular complexity index is 377. The van der Waals surface area contributed by atoms with Crippen molar-refractivity contribution in [3.63, 3.8) is 0 Å². The molecule has 1 heterocycles. The maximum Gasteiger partial charge on any atom is 0.00480 e. The van der Waals surface area contributed by atoms with Crippen molar-refractivity contribution in [1.29, 1.82) is 0 Å². The van der Waals surface area contributed by atoms with Gasteiger partial charge in [0.05, 0.1) is 0 Å². The molecule has 1 fully saturated rings. The predicted octanol–water partition coefficient (Wildman–Crippen LogP) is 4.98. The highest BCUT2D eigenvalue weighted by molar-refractivity contribution is 7.09. The Labute approximate surface area is 129 Å². The molecular weight excluding hydrogens is 262 g/mol. The van der Waals surface area contributed by atoms with Gasteiger partial charge in [-0.2, -0.15) is 0 Å². The molecule has 1 N–H and O–H groups in total. The van der Waals surface area contributed by atoms with Gasteiger partial charge < -0.3 is 5.32 Å². The zero-order chi connectivity index (χ0) is 14.6. The molecule has 1 aromatic heterocycles. The molecule has 0 bridgehead atoms. The van der Waals surface area contributed by atoms with Crippen LogP contribution >= 0.6 is 11.3 Å². The first kappa shape index (κ1) is 16.0. The van der Waals surface area contributed by atoms with Crippen LogP contribution in [0.4, 0.5) is 0 Å². The molecule has 0 saturated heterocycles. The lowest BCUT2D eigenvalue weighted by atomic mass is 9.64. The van der Waals surface area contributed by atoms with E-state index < -0.39 is 0 Å². The highest BCUT2D eigenvalue weighted by atomic mass is 32.1. The van der Waals surface area contributed by atoms with Gasteiger partial charge >= 0.3 is 0 Å². The molecule has 3 atom stereocenters. The molecule has 1 aromatic rings. The van der Waals surface area contributed by atoms with E-state index in [1.165, 1.54) is 32.2 Å². The molecular formula is C18H31NS. The molecule has 0 radical (unpaired) electrons. The summed E-state index contributed by atoms with van der Waals surface area (Å²) in [5.74, 6) is 2.63. The number of hydrogen-bond acceptors (Lipinski definition) is 2. The van der Waals surface area contributed by atoms with Gasteiger partial charge in [0.15, 0.2) is 0 Å². The second kappa shape index (κ2) is 7.09. The number of nitrogens with one attached hydrogen (secondary N) is 1. The van der Waals surface area contributed by atoms with Crippen LogP contribution in [0, 0.1) is 23.2 Å². The fourth-order valence-corrected chi connectivity index (χ4v) is 4.45. The van der Waals surface area contributed by atoms with Gasteiger partial charge in [-0.05, 0) is 73.4 Å². The van der Waals surface area contributed by atoms with Gasteiger partial charge in [0.2, 0.25) is 0 Å². The normalized spacial score (nSPS) is 27.7. The van der Waals surface area contributed by atoms with E-state index in [2.05, 4.69) is 50.5 Å². The summed E-state index contributed by atoms with van der Waals surface area (Å²) >= 11 is 1.93. The van der Waals surface area contributed by atoms with Gasteiger partial charge in [0.1, 0.15) is 0 Å². The minimum absolute atomic E-state index is 0.469. The van der Waals surface area contributed by atoms with Crippen molar-refractivity contribution in [1.82, 2.24) is 5.32 Å². The van der Waals surface area contributed by atoms with Gasteiger partial charge in [0.25, 0.3) is 0 Å². The number of thiophene rings is 1. The molecule has 1 aliphatic rings. The minimum Gasteiger partial charge on any atom is -0.317 e. The van der Waals surface area contributed by atoms with Gasteiger partial charge in [-0.15, -0.1) is 11.3 Å². The summed E-state index contributed by atoms with van der Waals surface area (Å²) in [6, 6.07) is 4.51. The van der Waals surface area contributed by atoms with Crippen LogP contribution in [0.2, 0.25) is 0 Å². The van der Waals surface area contributed by atoms with Crippen LogP contribution in [0.25, 0.3) is 0 Å². The van der Waals surface area contributed by atoms with E-state index in [1.807, 2.05) is 11.3 Å². The third kappa shape index (κ3) is 4.33. The summed E-state index contributed by atoms with van der Waals surface area (Å²) in [7, 11) is 0. The van der Waals surface area contributed by atoms with Crippen molar-refractivity contribution in [3.8, 4) is 0 Å². The van der Waals surface area contributed by atoms with Crippen molar-refractivity contribution in [3.05, 3.63) is 22.4 Å². The van der Waals surface area contributed by atoms with E-state index in [0.29, 0.717) is 5.41 Å². The Morgan fingerprint density at radius 2 is 2.05 bits per heavy atom. The van der Waals surface area contributed by atoms with Crippen molar-refractivity contribution < 1.29 is 0 Å². The van der Waals surface area contributed by atoms with Crippen LogP contribution < -0.4 is 5.32 Å². The van der Waals surface area contributed by atoms with E-state index >= 15 is 0 Å². The quantitative estimate of drug-likeness (QED) is 0.807. The smallest absolute Gasteiger partial charge is 0.00480 e. The fourth-order valence-electron chi connectivity index (χ4n) is 3.65. The fraction of sp³-hybridized carbons (Fsp3) is 0.778. The van der Waals surface area contributed by atoms with E-state index in [9.17, 15) is 0 Å². The maximum absolute atomic E-state index is 3.58. The first-order valence-corrected chi connectivity index (χ1v) is 9.11. The second-order valence-corrected chi connectivity index (χ2v) is 8.52. The van der Waals surface area contributed by atoms with E-state index in [0.717, 1.165) is 24.3 Å². The maximum atomic E-state index is 3.58. The average Bonchev–Trinajstić information content (AvgIpc) is 2.89. The number of rotatable bonds is 5. The van der Waals surface area contributed by atoms with Crippen molar-refractivity contribution >= 4 is 11.3 Å². The van der Waals surface area contributed by atoms with Crippen LogP contribution in [-0.2, 0) is 6.42 Å². The molecule has 2 rings (SSSR count). The molecule has 2 heteroatoms. The first-order chi connectivity index (χ1) is 9.50. The molecule has 0 aromatic carbocycles. The van der Waals surface area contributed by atoms with Crippen molar-refractivity contribution in [2.75, 3.05) is 13.1 Å². The summed E-state index contributed by atoms with van der Waals surface area (Å²) in [6.45, 7) is 11.8. The van der Waals surface area contributed by atoms with Crippen LogP contribution in [0.3, 0.4) is 0 Å². The lowest BCUT2D eigenvalue weighted by Crippen LogP contribution is -2.37. The summed E-state index contributed by atoms with van der Waals surface area (Å²) in [6.07, 6.45) is 5.53. The largest absolute Gasteiger partial charge is 0.317 e. The molecule has 0 spiro atoms. The Morgan fingerprint density at radius 1 is 1.25 bits per heavy atom. The molecule has 0 aliphatic heterocycles. The lowest BCUT2D eigenvalue weighted by Gasteiger charge is -2.42. The SMILES string of the molecule is CCNCC1CCC(C(C)(C)C)CC1Cc1cccs1. The Balaban J connectivity index is 2.02. The van der Waals surface area contributed by atoms with Gasteiger partial charge in [-0.25, -0.2) is 0 Å². The third-order valence-electron chi connectivity index (χ3n) is 5.06. The predicted molar refractivity (Wildman–Crippen MR) is 90.3 cm³/mol. The topological polar surface area (TPSA) is 12.0 Å². The summed E-state index contributed by atoms with van der Waals surface area (Å²) in [5, 5.41) is 5.81. The first-order valence-electron chi connectivity index (χ1n) is 8.23. The zero-order valence-corrected chi connectivity index (χ0v) is 14.4.